The van der Waals surface area contributed by atoms with E-state index in [9.17, 15) is 0 Å². The maximum absolute atomic E-state index is 6.20. The molecule has 4 heteroatoms. The van der Waals surface area contributed by atoms with E-state index in [1.807, 2.05) is 6.92 Å². The van der Waals surface area contributed by atoms with Crippen LogP contribution in [0, 0.1) is 20.8 Å². The third-order valence-corrected chi connectivity index (χ3v) is 4.75. The summed E-state index contributed by atoms with van der Waals surface area (Å²) >= 11 is 3.41. The van der Waals surface area contributed by atoms with Gasteiger partial charge in [0.05, 0.1) is 11.7 Å². The van der Waals surface area contributed by atoms with Gasteiger partial charge in [-0.25, -0.2) is 4.98 Å². The summed E-state index contributed by atoms with van der Waals surface area (Å²) in [6.07, 6.45) is 0. The predicted molar refractivity (Wildman–Crippen MR) is 66.7 cm³/mol. The zero-order valence-corrected chi connectivity index (χ0v) is 10.7. The van der Waals surface area contributed by atoms with Gasteiger partial charge in [0.2, 0.25) is 0 Å². The maximum atomic E-state index is 6.20. The molecule has 0 aromatic carbocycles. The molecule has 2 nitrogen and oxygen atoms in total. The molecule has 0 spiro atoms. The first kappa shape index (κ1) is 10.8. The average molecular weight is 238 g/mol. The van der Waals surface area contributed by atoms with Crippen LogP contribution in [0.3, 0.4) is 0 Å². The quantitative estimate of drug-likeness (QED) is 0.872. The van der Waals surface area contributed by atoms with E-state index < -0.39 is 0 Å². The second-order valence-electron chi connectivity index (χ2n) is 3.64. The lowest BCUT2D eigenvalue weighted by Gasteiger charge is -2.06. The molecule has 0 saturated carbocycles. The standard InChI is InChI=1S/C11H14N2S2/c1-6-4-5-14-10(6)9(12)11-13-7(2)8(3)15-11/h4-5,9H,12H2,1-3H3. The van der Waals surface area contributed by atoms with Crippen molar-refractivity contribution in [3.8, 4) is 0 Å². The smallest absolute Gasteiger partial charge is 0.115 e. The second-order valence-corrected chi connectivity index (χ2v) is 5.82. The maximum Gasteiger partial charge on any atom is 0.115 e. The molecule has 0 bridgehead atoms. The molecule has 1 atom stereocenters. The molecule has 1 unspecified atom stereocenters. The Kier molecular flexibility index (Phi) is 2.91. The van der Waals surface area contributed by atoms with Gasteiger partial charge < -0.3 is 5.73 Å². The van der Waals surface area contributed by atoms with Crippen LogP contribution in [0.15, 0.2) is 11.4 Å². The highest BCUT2D eigenvalue weighted by molar-refractivity contribution is 7.12. The summed E-state index contributed by atoms with van der Waals surface area (Å²) in [6.45, 7) is 6.22. The minimum Gasteiger partial charge on any atom is -0.318 e. The Morgan fingerprint density at radius 1 is 1.33 bits per heavy atom. The molecular formula is C11H14N2S2. The molecule has 0 radical (unpaired) electrons. The van der Waals surface area contributed by atoms with Crippen molar-refractivity contribution >= 4 is 22.7 Å². The lowest BCUT2D eigenvalue weighted by molar-refractivity contribution is 0.864. The van der Waals surface area contributed by atoms with Crippen LogP contribution in [0.5, 0.6) is 0 Å². The Morgan fingerprint density at radius 2 is 2.07 bits per heavy atom. The molecule has 0 aliphatic rings. The summed E-state index contributed by atoms with van der Waals surface area (Å²) in [4.78, 5) is 6.99. The molecule has 2 rings (SSSR count). The lowest BCUT2D eigenvalue weighted by Crippen LogP contribution is -2.10. The van der Waals surface area contributed by atoms with Gasteiger partial charge in [0.25, 0.3) is 0 Å². The van der Waals surface area contributed by atoms with Crippen LogP contribution < -0.4 is 5.73 Å². The van der Waals surface area contributed by atoms with Crippen LogP contribution in [-0.4, -0.2) is 4.98 Å². The van der Waals surface area contributed by atoms with E-state index in [1.54, 1.807) is 22.7 Å². The highest BCUT2D eigenvalue weighted by Gasteiger charge is 2.17. The van der Waals surface area contributed by atoms with Crippen LogP contribution in [0.4, 0.5) is 0 Å². The Morgan fingerprint density at radius 3 is 2.53 bits per heavy atom. The summed E-state index contributed by atoms with van der Waals surface area (Å²) in [5, 5.41) is 3.10. The molecule has 80 valence electrons. The van der Waals surface area contributed by atoms with Crippen LogP contribution in [0.1, 0.15) is 32.1 Å². The molecule has 0 aliphatic carbocycles. The van der Waals surface area contributed by atoms with Crippen molar-refractivity contribution in [2.24, 2.45) is 5.73 Å². The van der Waals surface area contributed by atoms with E-state index in [0.717, 1.165) is 10.7 Å². The van der Waals surface area contributed by atoms with Crippen molar-refractivity contribution < 1.29 is 0 Å². The van der Waals surface area contributed by atoms with E-state index in [0.29, 0.717) is 0 Å². The van der Waals surface area contributed by atoms with E-state index >= 15 is 0 Å². The number of nitrogens with zero attached hydrogens (tertiary/aromatic N) is 1. The fourth-order valence-electron chi connectivity index (χ4n) is 1.45. The number of thiazole rings is 1. The molecule has 0 aliphatic heterocycles. The number of aryl methyl sites for hydroxylation is 3. The topological polar surface area (TPSA) is 38.9 Å². The second kappa shape index (κ2) is 4.04. The van der Waals surface area contributed by atoms with Gasteiger partial charge in [-0.2, -0.15) is 0 Å². The Balaban J connectivity index is 2.36. The van der Waals surface area contributed by atoms with Crippen molar-refractivity contribution in [2.75, 3.05) is 0 Å². The molecule has 2 heterocycles. The Hall–Kier alpha value is -0.710. The van der Waals surface area contributed by atoms with Gasteiger partial charge in [-0.1, -0.05) is 0 Å². The average Bonchev–Trinajstić information content (AvgIpc) is 2.74. The minimum atomic E-state index is -0.0533. The van der Waals surface area contributed by atoms with Crippen molar-refractivity contribution in [1.82, 2.24) is 4.98 Å². The van der Waals surface area contributed by atoms with Crippen molar-refractivity contribution in [3.63, 3.8) is 0 Å². The SMILES string of the molecule is Cc1ccsc1C(N)c1nc(C)c(C)s1. The van der Waals surface area contributed by atoms with Gasteiger partial charge in [-0.15, -0.1) is 22.7 Å². The van der Waals surface area contributed by atoms with Gasteiger partial charge in [-0.05, 0) is 37.8 Å². The number of rotatable bonds is 2. The summed E-state index contributed by atoms with van der Waals surface area (Å²) < 4.78 is 0. The van der Waals surface area contributed by atoms with E-state index in [1.165, 1.54) is 15.3 Å². The normalized spacial score (nSPS) is 13.1. The monoisotopic (exact) mass is 238 g/mol. The summed E-state index contributed by atoms with van der Waals surface area (Å²) in [5.41, 5.74) is 8.56. The van der Waals surface area contributed by atoms with Crippen molar-refractivity contribution in [1.29, 1.82) is 0 Å². The minimum absolute atomic E-state index is 0.0533. The Labute approximate surface area is 97.8 Å². The zero-order valence-electron chi connectivity index (χ0n) is 9.07. The summed E-state index contributed by atoms with van der Waals surface area (Å²) in [7, 11) is 0. The van der Waals surface area contributed by atoms with Gasteiger partial charge >= 0.3 is 0 Å². The van der Waals surface area contributed by atoms with Crippen molar-refractivity contribution in [3.05, 3.63) is 37.5 Å². The zero-order chi connectivity index (χ0) is 11.0. The van der Waals surface area contributed by atoms with Gasteiger partial charge in [-0.3, -0.25) is 0 Å². The van der Waals surface area contributed by atoms with Crippen LogP contribution in [0.25, 0.3) is 0 Å². The number of thiophene rings is 1. The first-order chi connectivity index (χ1) is 7.09. The van der Waals surface area contributed by atoms with Gasteiger partial charge in [0.15, 0.2) is 0 Å². The predicted octanol–water partition coefficient (Wildman–Crippen LogP) is 3.18. The fraction of sp³-hybridized carbons (Fsp3) is 0.364. The molecular weight excluding hydrogens is 224 g/mol. The van der Waals surface area contributed by atoms with Gasteiger partial charge in [0, 0.05) is 9.75 Å². The summed E-state index contributed by atoms with van der Waals surface area (Å²) in [5.74, 6) is 0. The van der Waals surface area contributed by atoms with E-state index in [4.69, 9.17) is 5.73 Å². The first-order valence-electron chi connectivity index (χ1n) is 4.83. The molecule has 15 heavy (non-hydrogen) atoms. The Bertz CT molecular complexity index is 451. The number of hydrogen-bond donors (Lipinski definition) is 1. The molecule has 2 aromatic rings. The third-order valence-electron chi connectivity index (χ3n) is 2.50. The number of nitrogens with two attached hydrogens (primary N) is 1. The lowest BCUT2D eigenvalue weighted by atomic mass is 10.2. The molecule has 2 aromatic heterocycles. The van der Waals surface area contributed by atoms with E-state index in [-0.39, 0.29) is 6.04 Å². The number of aromatic nitrogens is 1. The third kappa shape index (κ3) is 1.97. The molecule has 2 N–H and O–H groups in total. The fourth-order valence-corrected chi connectivity index (χ4v) is 3.39. The molecule has 0 saturated heterocycles. The molecule has 0 fully saturated rings. The summed E-state index contributed by atoms with van der Waals surface area (Å²) in [6, 6.07) is 2.05. The van der Waals surface area contributed by atoms with Crippen molar-refractivity contribution in [2.45, 2.75) is 26.8 Å². The first-order valence-corrected chi connectivity index (χ1v) is 6.52. The van der Waals surface area contributed by atoms with Crippen LogP contribution >= 0.6 is 22.7 Å². The molecule has 0 amide bonds. The van der Waals surface area contributed by atoms with E-state index in [2.05, 4.69) is 30.3 Å². The highest BCUT2D eigenvalue weighted by atomic mass is 32.1. The van der Waals surface area contributed by atoms with Crippen LogP contribution in [0.2, 0.25) is 0 Å². The number of hydrogen-bond acceptors (Lipinski definition) is 4. The van der Waals surface area contributed by atoms with Crippen LogP contribution in [-0.2, 0) is 0 Å². The van der Waals surface area contributed by atoms with Gasteiger partial charge in [0.1, 0.15) is 5.01 Å². The highest BCUT2D eigenvalue weighted by Crippen LogP contribution is 2.30. The largest absolute Gasteiger partial charge is 0.318 e.